The maximum absolute atomic E-state index is 5.63. The number of hydrogen-bond donors (Lipinski definition) is 1. The normalized spacial score (nSPS) is 8.22. The van der Waals surface area contributed by atoms with Crippen molar-refractivity contribution in [3.63, 3.8) is 0 Å². The van der Waals surface area contributed by atoms with Gasteiger partial charge in [0.1, 0.15) is 0 Å². The molecule has 0 aliphatic carbocycles. The van der Waals surface area contributed by atoms with E-state index in [4.69, 9.17) is 11.6 Å². The molecular formula is C6H5ClSZn. The molecule has 1 aromatic carbocycles. The Kier molecular flexibility index (Phi) is 4.55. The van der Waals surface area contributed by atoms with Crippen molar-refractivity contribution in [3.05, 3.63) is 29.3 Å². The summed E-state index contributed by atoms with van der Waals surface area (Å²) < 4.78 is 0. The molecule has 0 unspecified atom stereocenters. The van der Waals surface area contributed by atoms with Gasteiger partial charge in [-0.15, -0.1) is 12.6 Å². The van der Waals surface area contributed by atoms with E-state index < -0.39 is 0 Å². The van der Waals surface area contributed by atoms with Crippen molar-refractivity contribution in [1.29, 1.82) is 0 Å². The van der Waals surface area contributed by atoms with Crippen LogP contribution in [-0.2, 0) is 19.5 Å². The van der Waals surface area contributed by atoms with Gasteiger partial charge in [-0.1, -0.05) is 23.7 Å². The second kappa shape index (κ2) is 4.32. The molecule has 44 valence electrons. The molecule has 1 rings (SSSR count). The maximum Gasteiger partial charge on any atom is 0.0539 e. The molecule has 0 atom stereocenters. The SMILES string of the molecule is Sc1ccccc1Cl.[Zn]. The summed E-state index contributed by atoms with van der Waals surface area (Å²) in [5.41, 5.74) is 0. The summed E-state index contributed by atoms with van der Waals surface area (Å²) in [7, 11) is 0. The molecule has 0 heterocycles. The van der Waals surface area contributed by atoms with Gasteiger partial charge in [0.25, 0.3) is 0 Å². The summed E-state index contributed by atoms with van der Waals surface area (Å²) in [5.74, 6) is 0. The zero-order valence-electron chi connectivity index (χ0n) is 4.84. The van der Waals surface area contributed by atoms with Gasteiger partial charge in [0.15, 0.2) is 0 Å². The van der Waals surface area contributed by atoms with E-state index in [1.807, 2.05) is 24.3 Å². The van der Waals surface area contributed by atoms with E-state index in [2.05, 4.69) is 12.6 Å². The Balaban J connectivity index is 0.000000640. The van der Waals surface area contributed by atoms with E-state index in [1.165, 1.54) is 0 Å². The van der Waals surface area contributed by atoms with Crippen molar-refractivity contribution >= 4 is 24.2 Å². The van der Waals surface area contributed by atoms with Crippen LogP contribution in [0, 0.1) is 0 Å². The van der Waals surface area contributed by atoms with Gasteiger partial charge in [0.2, 0.25) is 0 Å². The molecule has 0 saturated carbocycles. The van der Waals surface area contributed by atoms with E-state index in [-0.39, 0.29) is 19.5 Å². The fourth-order valence-corrected chi connectivity index (χ4v) is 0.748. The number of halogens is 1. The minimum atomic E-state index is 0. The fourth-order valence-electron chi connectivity index (χ4n) is 0.452. The average Bonchev–Trinajstić information content (AvgIpc) is 1.77. The first-order valence-electron chi connectivity index (χ1n) is 2.24. The largest absolute Gasteiger partial charge is 0.142 e. The van der Waals surface area contributed by atoms with E-state index in [9.17, 15) is 0 Å². The van der Waals surface area contributed by atoms with E-state index >= 15 is 0 Å². The Morgan fingerprint density at radius 2 is 1.78 bits per heavy atom. The van der Waals surface area contributed by atoms with Gasteiger partial charge in [-0.25, -0.2) is 0 Å². The van der Waals surface area contributed by atoms with Crippen molar-refractivity contribution in [2.75, 3.05) is 0 Å². The number of benzene rings is 1. The molecule has 9 heavy (non-hydrogen) atoms. The van der Waals surface area contributed by atoms with Crippen molar-refractivity contribution in [3.8, 4) is 0 Å². The van der Waals surface area contributed by atoms with Gasteiger partial charge in [-0.05, 0) is 12.1 Å². The minimum absolute atomic E-state index is 0. The Morgan fingerprint density at radius 1 is 1.22 bits per heavy atom. The quantitative estimate of drug-likeness (QED) is 0.493. The van der Waals surface area contributed by atoms with E-state index in [0.29, 0.717) is 5.02 Å². The van der Waals surface area contributed by atoms with Crippen LogP contribution >= 0.6 is 24.2 Å². The molecule has 0 nitrogen and oxygen atoms in total. The molecule has 0 bridgehead atoms. The van der Waals surface area contributed by atoms with Gasteiger partial charge >= 0.3 is 0 Å². The smallest absolute Gasteiger partial charge is 0.0539 e. The van der Waals surface area contributed by atoms with Crippen molar-refractivity contribution in [2.24, 2.45) is 0 Å². The Labute approximate surface area is 77.8 Å². The van der Waals surface area contributed by atoms with Crippen LogP contribution in [0.1, 0.15) is 0 Å². The van der Waals surface area contributed by atoms with Crippen LogP contribution in [-0.4, -0.2) is 0 Å². The summed E-state index contributed by atoms with van der Waals surface area (Å²) in [5, 5.41) is 0.704. The van der Waals surface area contributed by atoms with Gasteiger partial charge < -0.3 is 0 Å². The van der Waals surface area contributed by atoms with Crippen molar-refractivity contribution < 1.29 is 19.5 Å². The molecule has 0 fully saturated rings. The standard InChI is InChI=1S/C6H5ClS.Zn/c7-5-3-1-2-4-6(5)8;/h1-4,8H;. The van der Waals surface area contributed by atoms with Crippen LogP contribution in [0.5, 0.6) is 0 Å². The Bertz CT molecular complexity index is 169. The molecule has 0 aliphatic heterocycles. The molecule has 0 aliphatic rings. The summed E-state index contributed by atoms with van der Waals surface area (Å²) in [6.45, 7) is 0. The van der Waals surface area contributed by atoms with Crippen LogP contribution in [0.3, 0.4) is 0 Å². The van der Waals surface area contributed by atoms with Crippen molar-refractivity contribution in [1.82, 2.24) is 0 Å². The van der Waals surface area contributed by atoms with Crippen molar-refractivity contribution in [2.45, 2.75) is 4.90 Å². The predicted octanol–water partition coefficient (Wildman–Crippen LogP) is 2.63. The summed E-state index contributed by atoms with van der Waals surface area (Å²) in [4.78, 5) is 0.828. The summed E-state index contributed by atoms with van der Waals surface area (Å²) in [6.07, 6.45) is 0. The molecule has 0 N–H and O–H groups in total. The monoisotopic (exact) mass is 208 g/mol. The Morgan fingerprint density at radius 3 is 2.11 bits per heavy atom. The zero-order valence-corrected chi connectivity index (χ0v) is 9.46. The molecule has 0 amide bonds. The third kappa shape index (κ3) is 2.70. The van der Waals surface area contributed by atoms with E-state index in [0.717, 1.165) is 4.90 Å². The first-order valence-corrected chi connectivity index (χ1v) is 3.07. The van der Waals surface area contributed by atoms with Gasteiger partial charge in [0.05, 0.1) is 5.02 Å². The summed E-state index contributed by atoms with van der Waals surface area (Å²) >= 11 is 9.70. The molecule has 0 aromatic heterocycles. The Hall–Kier alpha value is 0.483. The van der Waals surface area contributed by atoms with E-state index in [1.54, 1.807) is 0 Å². The maximum atomic E-state index is 5.63. The first kappa shape index (κ1) is 9.48. The topological polar surface area (TPSA) is 0 Å². The van der Waals surface area contributed by atoms with Gasteiger partial charge in [-0.2, -0.15) is 0 Å². The number of rotatable bonds is 0. The second-order valence-corrected chi connectivity index (χ2v) is 2.34. The molecule has 1 aromatic rings. The molecule has 0 saturated heterocycles. The number of thiol groups is 1. The van der Waals surface area contributed by atoms with Crippen LogP contribution in [0.25, 0.3) is 0 Å². The number of hydrogen-bond acceptors (Lipinski definition) is 1. The van der Waals surface area contributed by atoms with Crippen LogP contribution in [0.2, 0.25) is 5.02 Å². The molecule has 0 radical (unpaired) electrons. The second-order valence-electron chi connectivity index (χ2n) is 1.45. The summed E-state index contributed by atoms with van der Waals surface area (Å²) in [6, 6.07) is 7.44. The van der Waals surface area contributed by atoms with Crippen LogP contribution in [0.4, 0.5) is 0 Å². The average molecular weight is 210 g/mol. The predicted molar refractivity (Wildman–Crippen MR) is 38.7 cm³/mol. The third-order valence-corrected chi connectivity index (χ3v) is 1.70. The van der Waals surface area contributed by atoms with Crippen LogP contribution < -0.4 is 0 Å². The molecule has 0 spiro atoms. The third-order valence-electron chi connectivity index (χ3n) is 0.852. The molecule has 3 heteroatoms. The zero-order chi connectivity index (χ0) is 5.98. The fraction of sp³-hybridized carbons (Fsp3) is 0. The van der Waals surface area contributed by atoms with Crippen LogP contribution in [0.15, 0.2) is 29.2 Å². The van der Waals surface area contributed by atoms with Gasteiger partial charge in [-0.3, -0.25) is 0 Å². The van der Waals surface area contributed by atoms with Gasteiger partial charge in [0, 0.05) is 24.4 Å². The molecular weight excluding hydrogens is 205 g/mol. The minimum Gasteiger partial charge on any atom is -0.142 e. The first-order chi connectivity index (χ1) is 3.80.